The molecule has 1 aromatic heterocycles. The predicted octanol–water partition coefficient (Wildman–Crippen LogP) is 4.54. The molecule has 0 aliphatic carbocycles. The molecular formula is C21H17ClFN3O2. The molecule has 3 aromatic rings. The second kappa shape index (κ2) is 6.80. The van der Waals surface area contributed by atoms with E-state index in [4.69, 9.17) is 11.6 Å². The minimum atomic E-state index is -0.331. The van der Waals surface area contributed by atoms with Gasteiger partial charge in [0.05, 0.1) is 22.0 Å². The van der Waals surface area contributed by atoms with Crippen LogP contribution < -0.4 is 15.4 Å². The summed E-state index contributed by atoms with van der Waals surface area (Å²) < 4.78 is 13.6. The second-order valence-electron chi connectivity index (χ2n) is 6.70. The quantitative estimate of drug-likeness (QED) is 0.690. The molecule has 28 heavy (non-hydrogen) atoms. The van der Waals surface area contributed by atoms with E-state index in [-0.39, 0.29) is 24.0 Å². The number of nitrogens with one attached hydrogen (secondary N) is 1. The molecule has 1 N–H and O–H groups in total. The van der Waals surface area contributed by atoms with Crippen LogP contribution in [0.2, 0.25) is 5.02 Å². The van der Waals surface area contributed by atoms with Crippen LogP contribution in [0.25, 0.3) is 0 Å². The van der Waals surface area contributed by atoms with E-state index in [9.17, 15) is 14.0 Å². The standard InChI is InChI=1S/C21H17ClFN3O2/c1-12-10-14(23)6-7-17(12)25-11-26(18-8-9-19(27)24-13(18)2)21(28)15-4-3-5-16(22)20(15)25/h3-10H,11H2,1-2H3,(H,24,27). The number of halogens is 2. The first-order valence-corrected chi connectivity index (χ1v) is 9.08. The number of pyridine rings is 1. The minimum Gasteiger partial charge on any atom is -0.324 e. The summed E-state index contributed by atoms with van der Waals surface area (Å²) in [5.41, 5.74) is 3.44. The predicted molar refractivity (Wildman–Crippen MR) is 108 cm³/mol. The highest BCUT2D eigenvalue weighted by Crippen LogP contribution is 2.41. The molecule has 0 saturated carbocycles. The number of H-pyrrole nitrogens is 1. The van der Waals surface area contributed by atoms with Crippen molar-refractivity contribution in [3.05, 3.63) is 86.5 Å². The summed E-state index contributed by atoms with van der Waals surface area (Å²) in [6, 6.07) is 12.7. The Morgan fingerprint density at radius 1 is 1.00 bits per heavy atom. The van der Waals surface area contributed by atoms with Gasteiger partial charge in [-0.2, -0.15) is 0 Å². The topological polar surface area (TPSA) is 56.4 Å². The van der Waals surface area contributed by atoms with E-state index >= 15 is 0 Å². The zero-order valence-corrected chi connectivity index (χ0v) is 16.0. The lowest BCUT2D eigenvalue weighted by atomic mass is 10.0. The van der Waals surface area contributed by atoms with Crippen molar-refractivity contribution in [2.24, 2.45) is 0 Å². The highest BCUT2D eigenvalue weighted by atomic mass is 35.5. The lowest BCUT2D eigenvalue weighted by molar-refractivity contribution is 0.0983. The molecule has 5 nitrogen and oxygen atoms in total. The molecule has 0 spiro atoms. The Hall–Kier alpha value is -3.12. The number of carbonyl (C=O) groups excluding carboxylic acids is 1. The van der Waals surface area contributed by atoms with Gasteiger partial charge in [0, 0.05) is 17.4 Å². The van der Waals surface area contributed by atoms with E-state index in [1.54, 1.807) is 49.1 Å². The van der Waals surface area contributed by atoms with Gasteiger partial charge in [-0.25, -0.2) is 4.39 Å². The fourth-order valence-electron chi connectivity index (χ4n) is 3.55. The molecule has 0 bridgehead atoms. The van der Waals surface area contributed by atoms with Crippen LogP contribution in [0.5, 0.6) is 0 Å². The summed E-state index contributed by atoms with van der Waals surface area (Å²) >= 11 is 6.45. The van der Waals surface area contributed by atoms with Crippen LogP contribution in [0.4, 0.5) is 21.5 Å². The average molecular weight is 398 g/mol. The highest BCUT2D eigenvalue weighted by Gasteiger charge is 2.33. The first-order chi connectivity index (χ1) is 13.4. The first kappa shape index (κ1) is 18.3. The molecule has 0 radical (unpaired) electrons. The number of hydrogen-bond donors (Lipinski definition) is 1. The summed E-state index contributed by atoms with van der Waals surface area (Å²) in [7, 11) is 0. The molecule has 2 aromatic carbocycles. The SMILES string of the molecule is Cc1cc(F)ccc1N1CN(c2ccc(=O)[nH]c2C)C(=O)c2cccc(Cl)c21. The summed E-state index contributed by atoms with van der Waals surface area (Å²) in [6.07, 6.45) is 0. The first-order valence-electron chi connectivity index (χ1n) is 8.71. The number of aryl methyl sites for hydroxylation is 2. The van der Waals surface area contributed by atoms with Gasteiger partial charge in [-0.05, 0) is 55.8 Å². The molecule has 2 heterocycles. The van der Waals surface area contributed by atoms with Crippen LogP contribution in [0.1, 0.15) is 21.6 Å². The third-order valence-electron chi connectivity index (χ3n) is 4.84. The second-order valence-corrected chi connectivity index (χ2v) is 7.11. The largest absolute Gasteiger partial charge is 0.324 e. The van der Waals surface area contributed by atoms with Gasteiger partial charge in [0.1, 0.15) is 12.5 Å². The minimum absolute atomic E-state index is 0.176. The van der Waals surface area contributed by atoms with Crippen LogP contribution in [0.15, 0.2) is 53.3 Å². The summed E-state index contributed by atoms with van der Waals surface area (Å²) in [4.78, 5) is 31.0. The Labute approximate surface area is 166 Å². The zero-order valence-electron chi connectivity index (χ0n) is 15.3. The zero-order chi connectivity index (χ0) is 20.0. The van der Waals surface area contributed by atoms with Crippen molar-refractivity contribution >= 4 is 34.6 Å². The van der Waals surface area contributed by atoms with Gasteiger partial charge in [0.15, 0.2) is 0 Å². The Kier molecular flexibility index (Phi) is 4.43. The molecular weight excluding hydrogens is 381 g/mol. The van der Waals surface area contributed by atoms with E-state index in [0.29, 0.717) is 27.7 Å². The number of aromatic nitrogens is 1. The third kappa shape index (κ3) is 2.96. The number of aromatic amines is 1. The number of anilines is 3. The number of fused-ring (bicyclic) bond motifs is 1. The molecule has 0 saturated heterocycles. The van der Waals surface area contributed by atoms with Gasteiger partial charge in [-0.1, -0.05) is 17.7 Å². The van der Waals surface area contributed by atoms with Gasteiger partial charge in [0.25, 0.3) is 5.91 Å². The van der Waals surface area contributed by atoms with Crippen molar-refractivity contribution in [3.63, 3.8) is 0 Å². The summed E-state index contributed by atoms with van der Waals surface area (Å²) in [5, 5.41) is 0.437. The van der Waals surface area contributed by atoms with E-state index in [1.807, 2.05) is 4.90 Å². The number of para-hydroxylation sites is 1. The number of rotatable bonds is 2. The Morgan fingerprint density at radius 3 is 2.46 bits per heavy atom. The van der Waals surface area contributed by atoms with Gasteiger partial charge in [-0.15, -0.1) is 0 Å². The molecule has 1 aliphatic rings. The van der Waals surface area contributed by atoms with Crippen LogP contribution in [-0.2, 0) is 0 Å². The van der Waals surface area contributed by atoms with Crippen LogP contribution in [0, 0.1) is 19.7 Å². The van der Waals surface area contributed by atoms with Gasteiger partial charge in [0.2, 0.25) is 5.56 Å². The summed E-state index contributed by atoms with van der Waals surface area (Å²) in [6.45, 7) is 3.72. The number of carbonyl (C=O) groups is 1. The molecule has 0 atom stereocenters. The number of nitrogens with zero attached hydrogens (tertiary/aromatic N) is 2. The normalized spacial score (nSPS) is 13.6. The molecule has 0 fully saturated rings. The number of hydrogen-bond acceptors (Lipinski definition) is 3. The molecule has 0 unspecified atom stereocenters. The lowest BCUT2D eigenvalue weighted by Crippen LogP contribution is -2.45. The van der Waals surface area contributed by atoms with Crippen molar-refractivity contribution in [2.75, 3.05) is 16.5 Å². The molecule has 7 heteroatoms. The van der Waals surface area contributed by atoms with Gasteiger partial charge in [-0.3, -0.25) is 14.5 Å². The van der Waals surface area contributed by atoms with Crippen molar-refractivity contribution < 1.29 is 9.18 Å². The van der Waals surface area contributed by atoms with E-state index in [0.717, 1.165) is 11.3 Å². The maximum Gasteiger partial charge on any atom is 0.262 e. The van der Waals surface area contributed by atoms with Gasteiger partial charge >= 0.3 is 0 Å². The fourth-order valence-corrected chi connectivity index (χ4v) is 3.83. The number of benzene rings is 2. The number of amides is 1. The molecule has 1 aliphatic heterocycles. The van der Waals surface area contributed by atoms with E-state index < -0.39 is 0 Å². The van der Waals surface area contributed by atoms with E-state index in [1.165, 1.54) is 18.2 Å². The monoisotopic (exact) mass is 397 g/mol. The molecule has 1 amide bonds. The van der Waals surface area contributed by atoms with Gasteiger partial charge < -0.3 is 9.88 Å². The maximum atomic E-state index is 13.6. The Bertz CT molecular complexity index is 1160. The Balaban J connectivity index is 1.92. The van der Waals surface area contributed by atoms with Crippen molar-refractivity contribution in [1.82, 2.24) is 4.98 Å². The van der Waals surface area contributed by atoms with Crippen molar-refractivity contribution in [1.29, 1.82) is 0 Å². The molecule has 4 rings (SSSR count). The average Bonchev–Trinajstić information content (AvgIpc) is 2.64. The third-order valence-corrected chi connectivity index (χ3v) is 5.15. The fraction of sp³-hybridized carbons (Fsp3) is 0.143. The smallest absolute Gasteiger partial charge is 0.262 e. The van der Waals surface area contributed by atoms with Crippen molar-refractivity contribution in [3.8, 4) is 0 Å². The van der Waals surface area contributed by atoms with Crippen LogP contribution >= 0.6 is 11.6 Å². The summed E-state index contributed by atoms with van der Waals surface area (Å²) in [5.74, 6) is -0.550. The van der Waals surface area contributed by atoms with Crippen LogP contribution in [0.3, 0.4) is 0 Å². The van der Waals surface area contributed by atoms with Crippen molar-refractivity contribution in [2.45, 2.75) is 13.8 Å². The van der Waals surface area contributed by atoms with E-state index in [2.05, 4.69) is 4.98 Å². The van der Waals surface area contributed by atoms with Crippen LogP contribution in [-0.4, -0.2) is 17.6 Å². The maximum absolute atomic E-state index is 13.6. The molecule has 142 valence electrons. The Morgan fingerprint density at radius 2 is 1.75 bits per heavy atom. The lowest BCUT2D eigenvalue weighted by Gasteiger charge is -2.39. The highest BCUT2D eigenvalue weighted by molar-refractivity contribution is 6.35.